The van der Waals surface area contributed by atoms with Gasteiger partial charge in [0.15, 0.2) is 0 Å². The molecule has 1 heterocycles. The van der Waals surface area contributed by atoms with E-state index in [2.05, 4.69) is 4.98 Å². The normalized spacial score (nSPS) is 10.3. The van der Waals surface area contributed by atoms with E-state index in [4.69, 9.17) is 27.9 Å². The molecule has 0 fully saturated rings. The number of hydrogen-bond acceptors (Lipinski definition) is 3. The lowest BCUT2D eigenvalue weighted by molar-refractivity contribution is 0.414. The van der Waals surface area contributed by atoms with Crippen LogP contribution in [0.4, 0.5) is 5.69 Å². The molecule has 0 unspecified atom stereocenters. The van der Waals surface area contributed by atoms with Crippen molar-refractivity contribution >= 4 is 28.9 Å². The fourth-order valence-corrected chi connectivity index (χ4v) is 2.15. The number of pyridine rings is 1. The number of anilines is 1. The van der Waals surface area contributed by atoms with Crippen molar-refractivity contribution < 1.29 is 4.74 Å². The molecule has 0 aliphatic rings. The summed E-state index contributed by atoms with van der Waals surface area (Å²) in [6.45, 7) is 0.555. The average molecular weight is 297 g/mol. The van der Waals surface area contributed by atoms with Crippen molar-refractivity contribution in [3.8, 4) is 5.75 Å². The minimum absolute atomic E-state index is 0.438. The summed E-state index contributed by atoms with van der Waals surface area (Å²) >= 11 is 12.0. The van der Waals surface area contributed by atoms with E-state index in [1.165, 1.54) is 0 Å². The topological polar surface area (TPSA) is 25.4 Å². The van der Waals surface area contributed by atoms with Gasteiger partial charge in [0.1, 0.15) is 10.9 Å². The Hall–Kier alpha value is -1.45. The van der Waals surface area contributed by atoms with Crippen molar-refractivity contribution in [3.05, 3.63) is 52.3 Å². The maximum absolute atomic E-state index is 6.12. The van der Waals surface area contributed by atoms with Gasteiger partial charge in [-0.1, -0.05) is 35.3 Å². The number of halogens is 2. The maximum atomic E-state index is 6.12. The molecular weight excluding hydrogens is 283 g/mol. The standard InChI is InChI=1S/C14H14Cl2N2O/c1-18(12-5-3-4-6-13(12)19-2)9-11-10(15)7-8-14(16)17-11/h3-8H,9H2,1-2H3. The molecule has 3 nitrogen and oxygen atoms in total. The number of hydrogen-bond donors (Lipinski definition) is 0. The number of ether oxygens (including phenoxy) is 1. The zero-order chi connectivity index (χ0) is 13.8. The number of para-hydroxylation sites is 2. The molecule has 0 N–H and O–H groups in total. The van der Waals surface area contributed by atoms with Crippen LogP contribution in [0.1, 0.15) is 5.69 Å². The van der Waals surface area contributed by atoms with Crippen molar-refractivity contribution in [2.24, 2.45) is 0 Å². The summed E-state index contributed by atoms with van der Waals surface area (Å²) in [6.07, 6.45) is 0. The summed E-state index contributed by atoms with van der Waals surface area (Å²) < 4.78 is 5.34. The van der Waals surface area contributed by atoms with E-state index in [9.17, 15) is 0 Å². The van der Waals surface area contributed by atoms with Crippen LogP contribution < -0.4 is 9.64 Å². The Morgan fingerprint density at radius 1 is 1.16 bits per heavy atom. The molecule has 0 spiro atoms. The van der Waals surface area contributed by atoms with Crippen molar-refractivity contribution in [1.82, 2.24) is 4.98 Å². The van der Waals surface area contributed by atoms with Crippen LogP contribution in [-0.2, 0) is 6.54 Å². The predicted molar refractivity (Wildman–Crippen MR) is 79.4 cm³/mol. The summed E-state index contributed by atoms with van der Waals surface area (Å²) in [6, 6.07) is 11.2. The Bertz CT molecular complexity index is 575. The Morgan fingerprint density at radius 2 is 1.89 bits per heavy atom. The molecule has 100 valence electrons. The Morgan fingerprint density at radius 3 is 2.63 bits per heavy atom. The molecule has 1 aromatic carbocycles. The van der Waals surface area contributed by atoms with Crippen LogP contribution in [0.5, 0.6) is 5.75 Å². The molecule has 0 atom stereocenters. The van der Waals surface area contributed by atoms with Gasteiger partial charge in [0.05, 0.1) is 30.1 Å². The zero-order valence-corrected chi connectivity index (χ0v) is 12.2. The van der Waals surface area contributed by atoms with E-state index in [1.54, 1.807) is 19.2 Å². The van der Waals surface area contributed by atoms with Crippen molar-refractivity contribution in [2.45, 2.75) is 6.54 Å². The number of aromatic nitrogens is 1. The highest BCUT2D eigenvalue weighted by atomic mass is 35.5. The Labute approximate surface area is 122 Å². The second-order valence-electron chi connectivity index (χ2n) is 4.09. The quantitative estimate of drug-likeness (QED) is 0.797. The number of rotatable bonds is 4. The lowest BCUT2D eigenvalue weighted by atomic mass is 10.2. The first-order valence-electron chi connectivity index (χ1n) is 5.77. The van der Waals surface area contributed by atoms with Crippen LogP contribution in [0, 0.1) is 0 Å². The van der Waals surface area contributed by atoms with Gasteiger partial charge in [-0.05, 0) is 24.3 Å². The zero-order valence-electron chi connectivity index (χ0n) is 10.7. The van der Waals surface area contributed by atoms with Crippen molar-refractivity contribution in [2.75, 3.05) is 19.1 Å². The van der Waals surface area contributed by atoms with Crippen LogP contribution in [0.3, 0.4) is 0 Å². The largest absolute Gasteiger partial charge is 0.495 e. The van der Waals surface area contributed by atoms with Crippen LogP contribution >= 0.6 is 23.2 Å². The highest BCUT2D eigenvalue weighted by Crippen LogP contribution is 2.28. The van der Waals surface area contributed by atoms with E-state index >= 15 is 0 Å². The molecule has 2 aromatic rings. The van der Waals surface area contributed by atoms with E-state index in [0.717, 1.165) is 17.1 Å². The van der Waals surface area contributed by atoms with Gasteiger partial charge in [0, 0.05) is 7.05 Å². The summed E-state index contributed by atoms with van der Waals surface area (Å²) in [5.41, 5.74) is 1.71. The molecular formula is C14H14Cl2N2O. The van der Waals surface area contributed by atoms with Gasteiger partial charge in [-0.25, -0.2) is 4.98 Å². The third kappa shape index (κ3) is 3.31. The van der Waals surface area contributed by atoms with E-state index in [0.29, 0.717) is 16.7 Å². The lowest BCUT2D eigenvalue weighted by Crippen LogP contribution is -2.18. The third-order valence-corrected chi connectivity index (χ3v) is 3.32. The summed E-state index contributed by atoms with van der Waals surface area (Å²) in [5.74, 6) is 0.808. The minimum Gasteiger partial charge on any atom is -0.495 e. The summed E-state index contributed by atoms with van der Waals surface area (Å²) in [4.78, 5) is 6.26. The SMILES string of the molecule is COc1ccccc1N(C)Cc1nc(Cl)ccc1Cl. The maximum Gasteiger partial charge on any atom is 0.142 e. The molecule has 19 heavy (non-hydrogen) atoms. The molecule has 0 bridgehead atoms. The summed E-state index contributed by atoms with van der Waals surface area (Å²) in [7, 11) is 3.61. The molecule has 2 rings (SSSR count). The smallest absolute Gasteiger partial charge is 0.142 e. The number of nitrogens with zero attached hydrogens (tertiary/aromatic N) is 2. The number of benzene rings is 1. The second kappa shape index (κ2) is 6.13. The minimum atomic E-state index is 0.438. The van der Waals surface area contributed by atoms with Crippen LogP contribution in [-0.4, -0.2) is 19.1 Å². The second-order valence-corrected chi connectivity index (χ2v) is 4.88. The summed E-state index contributed by atoms with van der Waals surface area (Å²) in [5, 5.41) is 1.04. The molecule has 5 heteroatoms. The van der Waals surface area contributed by atoms with Crippen molar-refractivity contribution in [3.63, 3.8) is 0 Å². The van der Waals surface area contributed by atoms with Gasteiger partial charge in [-0.15, -0.1) is 0 Å². The first-order chi connectivity index (χ1) is 9.11. The fourth-order valence-electron chi connectivity index (χ4n) is 1.82. The number of methoxy groups -OCH3 is 1. The molecule has 1 aromatic heterocycles. The monoisotopic (exact) mass is 296 g/mol. The lowest BCUT2D eigenvalue weighted by Gasteiger charge is -2.21. The highest BCUT2D eigenvalue weighted by Gasteiger charge is 2.11. The molecule has 0 aliphatic heterocycles. The molecule has 0 aliphatic carbocycles. The molecule has 0 amide bonds. The van der Waals surface area contributed by atoms with Gasteiger partial charge in [-0.2, -0.15) is 0 Å². The first-order valence-corrected chi connectivity index (χ1v) is 6.52. The highest BCUT2D eigenvalue weighted by molar-refractivity contribution is 6.32. The Kier molecular flexibility index (Phi) is 4.51. The van der Waals surface area contributed by atoms with Crippen LogP contribution in [0.25, 0.3) is 0 Å². The molecule has 0 radical (unpaired) electrons. The Balaban J connectivity index is 2.25. The van der Waals surface area contributed by atoms with E-state index in [-0.39, 0.29) is 0 Å². The van der Waals surface area contributed by atoms with Gasteiger partial charge < -0.3 is 9.64 Å². The van der Waals surface area contributed by atoms with Gasteiger partial charge in [0.2, 0.25) is 0 Å². The molecule has 0 saturated carbocycles. The van der Waals surface area contributed by atoms with E-state index in [1.807, 2.05) is 36.2 Å². The predicted octanol–water partition coefficient (Wildman–Crippen LogP) is 4.03. The van der Waals surface area contributed by atoms with E-state index < -0.39 is 0 Å². The van der Waals surface area contributed by atoms with Crippen LogP contribution in [0.2, 0.25) is 10.2 Å². The fraction of sp³-hybridized carbons (Fsp3) is 0.214. The molecule has 0 saturated heterocycles. The average Bonchev–Trinajstić information content (AvgIpc) is 2.42. The third-order valence-electron chi connectivity index (χ3n) is 2.77. The van der Waals surface area contributed by atoms with Crippen molar-refractivity contribution in [1.29, 1.82) is 0 Å². The van der Waals surface area contributed by atoms with Gasteiger partial charge in [-0.3, -0.25) is 0 Å². The van der Waals surface area contributed by atoms with Gasteiger partial charge >= 0.3 is 0 Å². The van der Waals surface area contributed by atoms with Crippen LogP contribution in [0.15, 0.2) is 36.4 Å². The first kappa shape index (κ1) is 14.0. The van der Waals surface area contributed by atoms with Gasteiger partial charge in [0.25, 0.3) is 0 Å².